The van der Waals surface area contributed by atoms with Crippen molar-refractivity contribution < 1.29 is 18.6 Å². The smallest absolute Gasteiger partial charge is 0.191 e. The van der Waals surface area contributed by atoms with E-state index in [1.165, 1.54) is 6.07 Å². The predicted molar refractivity (Wildman–Crippen MR) is 109 cm³/mol. The van der Waals surface area contributed by atoms with E-state index in [2.05, 4.69) is 15.6 Å². The molecule has 152 valence electrons. The topological polar surface area (TPSA) is 64.1 Å². The summed E-state index contributed by atoms with van der Waals surface area (Å²) in [7, 11) is 4.80. The summed E-state index contributed by atoms with van der Waals surface area (Å²) in [6.45, 7) is 3.72. The lowest BCUT2D eigenvalue weighted by molar-refractivity contribution is 0.369. The number of nitrogens with zero attached hydrogens (tertiary/aromatic N) is 1. The number of nitrogens with one attached hydrogen (secondary N) is 2. The fourth-order valence-electron chi connectivity index (χ4n) is 2.75. The van der Waals surface area contributed by atoms with Crippen LogP contribution in [0.25, 0.3) is 0 Å². The lowest BCUT2D eigenvalue weighted by atomic mass is 10.1. The molecule has 0 radical (unpaired) electrons. The molecule has 0 aromatic heterocycles. The average Bonchev–Trinajstić information content (AvgIpc) is 2.71. The molecule has 2 aromatic carbocycles. The van der Waals surface area contributed by atoms with Crippen LogP contribution in [0, 0.1) is 5.82 Å². The van der Waals surface area contributed by atoms with Gasteiger partial charge in [-0.2, -0.15) is 0 Å². The zero-order chi connectivity index (χ0) is 20.4. The van der Waals surface area contributed by atoms with E-state index in [1.54, 1.807) is 45.6 Å². The molecule has 2 aromatic rings. The third-order valence-corrected chi connectivity index (χ3v) is 4.15. The minimum atomic E-state index is -0.225. The van der Waals surface area contributed by atoms with E-state index in [4.69, 9.17) is 14.2 Å². The van der Waals surface area contributed by atoms with Crippen molar-refractivity contribution in [2.75, 3.05) is 34.4 Å². The van der Waals surface area contributed by atoms with Gasteiger partial charge in [0, 0.05) is 25.2 Å². The molecule has 6 nitrogen and oxygen atoms in total. The van der Waals surface area contributed by atoms with Gasteiger partial charge < -0.3 is 24.8 Å². The van der Waals surface area contributed by atoms with Gasteiger partial charge >= 0.3 is 0 Å². The van der Waals surface area contributed by atoms with Crippen molar-refractivity contribution in [3.8, 4) is 17.2 Å². The Morgan fingerprint density at radius 1 is 1.00 bits per heavy atom. The van der Waals surface area contributed by atoms with Crippen LogP contribution in [0.4, 0.5) is 4.39 Å². The van der Waals surface area contributed by atoms with Gasteiger partial charge in [-0.05, 0) is 31.0 Å². The molecule has 2 N–H and O–H groups in total. The molecule has 0 unspecified atom stereocenters. The number of benzene rings is 2. The Hall–Kier alpha value is -2.96. The van der Waals surface area contributed by atoms with E-state index in [0.29, 0.717) is 42.7 Å². The molecule has 0 fully saturated rings. The summed E-state index contributed by atoms with van der Waals surface area (Å²) in [6, 6.07) is 10.2. The van der Waals surface area contributed by atoms with Crippen LogP contribution >= 0.6 is 0 Å². The van der Waals surface area contributed by atoms with Crippen molar-refractivity contribution in [3.05, 3.63) is 53.3 Å². The molecule has 0 aliphatic rings. The molecule has 0 saturated carbocycles. The molecule has 7 heteroatoms. The quantitative estimate of drug-likeness (QED) is 0.510. The molecular weight excluding hydrogens is 361 g/mol. The van der Waals surface area contributed by atoms with Crippen molar-refractivity contribution >= 4 is 5.96 Å². The highest BCUT2D eigenvalue weighted by Gasteiger charge is 2.13. The van der Waals surface area contributed by atoms with Crippen molar-refractivity contribution in [2.24, 2.45) is 4.99 Å². The minimum Gasteiger partial charge on any atom is -0.496 e. The van der Waals surface area contributed by atoms with Gasteiger partial charge in [-0.3, -0.25) is 0 Å². The largest absolute Gasteiger partial charge is 0.496 e. The number of halogens is 1. The fourth-order valence-corrected chi connectivity index (χ4v) is 2.75. The third-order valence-electron chi connectivity index (χ3n) is 4.15. The molecule has 0 spiro atoms. The maximum atomic E-state index is 13.3. The molecular formula is C21H28FN3O3. The van der Waals surface area contributed by atoms with Gasteiger partial charge in [0.25, 0.3) is 0 Å². The van der Waals surface area contributed by atoms with E-state index in [9.17, 15) is 4.39 Å². The van der Waals surface area contributed by atoms with Crippen LogP contribution < -0.4 is 24.8 Å². The molecule has 0 saturated heterocycles. The molecule has 0 heterocycles. The summed E-state index contributed by atoms with van der Waals surface area (Å²) < 4.78 is 29.5. The Labute approximate surface area is 165 Å². The molecule has 0 amide bonds. The number of ether oxygens (including phenoxy) is 3. The van der Waals surface area contributed by atoms with Crippen molar-refractivity contribution in [2.45, 2.75) is 19.9 Å². The third kappa shape index (κ3) is 6.04. The number of aliphatic imine (C=N–C) groups is 1. The van der Waals surface area contributed by atoms with Gasteiger partial charge in [0.15, 0.2) is 5.96 Å². The summed E-state index contributed by atoms with van der Waals surface area (Å²) >= 11 is 0. The highest BCUT2D eigenvalue weighted by atomic mass is 19.1. The molecule has 0 bridgehead atoms. The van der Waals surface area contributed by atoms with Crippen molar-refractivity contribution in [3.63, 3.8) is 0 Å². The lowest BCUT2D eigenvalue weighted by Gasteiger charge is -2.15. The molecule has 2 rings (SSSR count). The van der Waals surface area contributed by atoms with Crippen LogP contribution in [0.2, 0.25) is 0 Å². The first-order valence-electron chi connectivity index (χ1n) is 9.16. The van der Waals surface area contributed by atoms with Crippen LogP contribution in [0.1, 0.15) is 18.1 Å². The summed E-state index contributed by atoms with van der Waals surface area (Å²) in [5.41, 5.74) is 1.76. The second-order valence-electron chi connectivity index (χ2n) is 6.01. The first kappa shape index (κ1) is 21.3. The SMILES string of the molecule is CCNC(=NCc1c(OC)cc(OC)cc1OC)NCCc1cccc(F)c1. The standard InChI is InChI=1S/C21H28FN3O3/c1-5-23-21(24-10-9-15-7-6-8-16(22)11-15)25-14-18-19(27-3)12-17(26-2)13-20(18)28-4/h6-8,11-13H,5,9-10,14H2,1-4H3,(H2,23,24,25). The van der Waals surface area contributed by atoms with Crippen LogP contribution in [-0.4, -0.2) is 40.4 Å². The van der Waals surface area contributed by atoms with E-state index in [1.807, 2.05) is 13.0 Å². The maximum Gasteiger partial charge on any atom is 0.191 e. The Morgan fingerprint density at radius 3 is 2.29 bits per heavy atom. The molecule has 0 atom stereocenters. The highest BCUT2D eigenvalue weighted by molar-refractivity contribution is 5.79. The van der Waals surface area contributed by atoms with Gasteiger partial charge in [-0.15, -0.1) is 0 Å². The summed E-state index contributed by atoms with van der Waals surface area (Å²) in [4.78, 5) is 4.62. The zero-order valence-corrected chi connectivity index (χ0v) is 16.8. The van der Waals surface area contributed by atoms with Crippen molar-refractivity contribution in [1.82, 2.24) is 10.6 Å². The van der Waals surface area contributed by atoms with Crippen LogP contribution in [-0.2, 0) is 13.0 Å². The highest BCUT2D eigenvalue weighted by Crippen LogP contribution is 2.34. The van der Waals surface area contributed by atoms with Gasteiger partial charge in [-0.1, -0.05) is 12.1 Å². The van der Waals surface area contributed by atoms with E-state index < -0.39 is 0 Å². The number of rotatable bonds is 9. The normalized spacial score (nSPS) is 11.1. The summed E-state index contributed by atoms with van der Waals surface area (Å²) in [5, 5.41) is 6.47. The minimum absolute atomic E-state index is 0.225. The fraction of sp³-hybridized carbons (Fsp3) is 0.381. The second kappa shape index (κ2) is 11.0. The van der Waals surface area contributed by atoms with E-state index >= 15 is 0 Å². The van der Waals surface area contributed by atoms with Crippen molar-refractivity contribution in [1.29, 1.82) is 0 Å². The van der Waals surface area contributed by atoms with Crippen LogP contribution in [0.5, 0.6) is 17.2 Å². The van der Waals surface area contributed by atoms with E-state index in [0.717, 1.165) is 17.7 Å². The molecule has 0 aliphatic carbocycles. The van der Waals surface area contributed by atoms with Gasteiger partial charge in [0.2, 0.25) is 0 Å². The molecule has 0 aliphatic heterocycles. The van der Waals surface area contributed by atoms with Crippen LogP contribution in [0.15, 0.2) is 41.4 Å². The van der Waals surface area contributed by atoms with E-state index in [-0.39, 0.29) is 5.82 Å². The monoisotopic (exact) mass is 389 g/mol. The number of hydrogen-bond donors (Lipinski definition) is 2. The summed E-state index contributed by atoms with van der Waals surface area (Å²) in [6.07, 6.45) is 0.692. The predicted octanol–water partition coefficient (Wildman–Crippen LogP) is 3.15. The number of hydrogen-bond acceptors (Lipinski definition) is 4. The Kier molecular flexibility index (Phi) is 8.39. The first-order chi connectivity index (χ1) is 13.6. The Morgan fingerprint density at radius 2 is 1.71 bits per heavy atom. The Balaban J connectivity index is 2.09. The zero-order valence-electron chi connectivity index (χ0n) is 16.8. The summed E-state index contributed by atoms with van der Waals surface area (Å²) in [5.74, 6) is 2.39. The average molecular weight is 389 g/mol. The lowest BCUT2D eigenvalue weighted by Crippen LogP contribution is -2.38. The second-order valence-corrected chi connectivity index (χ2v) is 6.01. The van der Waals surface area contributed by atoms with Gasteiger partial charge in [-0.25, -0.2) is 9.38 Å². The maximum absolute atomic E-state index is 13.3. The first-order valence-corrected chi connectivity index (χ1v) is 9.16. The van der Waals surface area contributed by atoms with Gasteiger partial charge in [0.05, 0.1) is 33.4 Å². The number of methoxy groups -OCH3 is 3. The Bertz CT molecular complexity index is 771. The van der Waals surface area contributed by atoms with Gasteiger partial charge in [0.1, 0.15) is 23.1 Å². The molecule has 28 heavy (non-hydrogen) atoms. The number of guanidine groups is 1. The van der Waals surface area contributed by atoms with Crippen LogP contribution in [0.3, 0.4) is 0 Å².